The quantitative estimate of drug-likeness (QED) is 0.655. The summed E-state index contributed by atoms with van der Waals surface area (Å²) in [6.45, 7) is 10.1. The van der Waals surface area contributed by atoms with E-state index in [0.717, 1.165) is 25.9 Å². The van der Waals surface area contributed by atoms with Crippen molar-refractivity contribution >= 4 is 11.7 Å². The highest BCUT2D eigenvalue weighted by atomic mass is 16.5. The Kier molecular flexibility index (Phi) is 9.10. The lowest BCUT2D eigenvalue weighted by Gasteiger charge is -2.25. The van der Waals surface area contributed by atoms with Gasteiger partial charge in [-0.15, -0.1) is 0 Å². The van der Waals surface area contributed by atoms with Gasteiger partial charge in [-0.1, -0.05) is 27.7 Å². The molecule has 0 aliphatic heterocycles. The predicted molar refractivity (Wildman–Crippen MR) is 106 cm³/mol. The van der Waals surface area contributed by atoms with Crippen LogP contribution in [0.5, 0.6) is 17.2 Å². The molecule has 0 bridgehead atoms. The molecular formula is C20H34N2O4. The van der Waals surface area contributed by atoms with Gasteiger partial charge in [-0.3, -0.25) is 0 Å². The Hall–Kier alpha value is -2.11. The van der Waals surface area contributed by atoms with Crippen LogP contribution in [0.2, 0.25) is 0 Å². The van der Waals surface area contributed by atoms with Crippen LogP contribution < -0.4 is 19.5 Å². The second kappa shape index (κ2) is 10.8. The van der Waals surface area contributed by atoms with E-state index in [2.05, 4.69) is 33.0 Å². The molecule has 6 heteroatoms. The fourth-order valence-electron chi connectivity index (χ4n) is 2.50. The summed E-state index contributed by atoms with van der Waals surface area (Å²) in [5, 5.41) is 2.96. The van der Waals surface area contributed by atoms with Crippen molar-refractivity contribution in [3.05, 3.63) is 12.1 Å². The lowest BCUT2D eigenvalue weighted by molar-refractivity contribution is 0.205. The summed E-state index contributed by atoms with van der Waals surface area (Å²) in [5.41, 5.74) is 0.614. The van der Waals surface area contributed by atoms with Gasteiger partial charge in [0, 0.05) is 25.2 Å². The van der Waals surface area contributed by atoms with Crippen LogP contribution >= 0.6 is 0 Å². The first kappa shape index (κ1) is 21.9. The Bertz CT molecular complexity index is 536. The van der Waals surface area contributed by atoms with Gasteiger partial charge < -0.3 is 24.4 Å². The number of hydrogen-bond acceptors (Lipinski definition) is 4. The smallest absolute Gasteiger partial charge is 0.321 e. The van der Waals surface area contributed by atoms with Crippen LogP contribution in [-0.2, 0) is 0 Å². The number of rotatable bonds is 10. The van der Waals surface area contributed by atoms with Crippen molar-refractivity contribution in [2.45, 2.75) is 40.5 Å². The van der Waals surface area contributed by atoms with Crippen LogP contribution in [0.1, 0.15) is 40.5 Å². The van der Waals surface area contributed by atoms with Crippen molar-refractivity contribution in [1.82, 2.24) is 4.90 Å². The standard InChI is InChI=1S/C20H34N2O4/c1-14(2)8-10-22(11-9-15(3)4)20(23)21-16-12-17(24-5)19(26-7)18(13-16)25-6/h12-15H,8-11H2,1-7H3,(H,21,23). The van der Waals surface area contributed by atoms with E-state index < -0.39 is 0 Å². The van der Waals surface area contributed by atoms with Gasteiger partial charge in [-0.25, -0.2) is 4.79 Å². The zero-order valence-corrected chi connectivity index (χ0v) is 17.2. The van der Waals surface area contributed by atoms with Crippen LogP contribution in [0.15, 0.2) is 12.1 Å². The Morgan fingerprint density at radius 2 is 1.38 bits per heavy atom. The first-order valence-electron chi connectivity index (χ1n) is 9.18. The van der Waals surface area contributed by atoms with Crippen molar-refractivity contribution in [2.24, 2.45) is 11.8 Å². The lowest BCUT2D eigenvalue weighted by atomic mass is 10.1. The molecule has 1 aromatic rings. The van der Waals surface area contributed by atoms with E-state index in [1.165, 1.54) is 0 Å². The van der Waals surface area contributed by atoms with Gasteiger partial charge in [0.25, 0.3) is 0 Å². The van der Waals surface area contributed by atoms with E-state index in [-0.39, 0.29) is 6.03 Å². The normalized spacial score (nSPS) is 10.8. The third-order valence-corrected chi connectivity index (χ3v) is 4.16. The van der Waals surface area contributed by atoms with E-state index in [0.29, 0.717) is 34.8 Å². The minimum atomic E-state index is -0.111. The predicted octanol–water partition coefficient (Wildman–Crippen LogP) is 4.64. The second-order valence-corrected chi connectivity index (χ2v) is 7.20. The van der Waals surface area contributed by atoms with E-state index >= 15 is 0 Å². The summed E-state index contributed by atoms with van der Waals surface area (Å²) in [5.74, 6) is 2.62. The molecule has 1 aromatic carbocycles. The molecule has 0 spiro atoms. The highest BCUT2D eigenvalue weighted by molar-refractivity contribution is 5.90. The van der Waals surface area contributed by atoms with Gasteiger partial charge in [0.2, 0.25) is 5.75 Å². The maximum atomic E-state index is 12.8. The average molecular weight is 367 g/mol. The van der Waals surface area contributed by atoms with Crippen molar-refractivity contribution in [3.63, 3.8) is 0 Å². The number of urea groups is 1. The zero-order chi connectivity index (χ0) is 19.7. The van der Waals surface area contributed by atoms with E-state index in [1.54, 1.807) is 33.5 Å². The summed E-state index contributed by atoms with van der Waals surface area (Å²) in [6.07, 6.45) is 1.95. The Labute approximate surface area is 157 Å². The molecule has 148 valence electrons. The molecule has 0 unspecified atom stereocenters. The maximum absolute atomic E-state index is 12.8. The third-order valence-electron chi connectivity index (χ3n) is 4.16. The molecule has 0 aromatic heterocycles. The topological polar surface area (TPSA) is 60.0 Å². The number of carbonyl (C=O) groups is 1. The lowest BCUT2D eigenvalue weighted by Crippen LogP contribution is -2.37. The monoisotopic (exact) mass is 366 g/mol. The highest BCUT2D eigenvalue weighted by Crippen LogP contribution is 2.40. The number of hydrogen-bond donors (Lipinski definition) is 1. The molecule has 0 aliphatic carbocycles. The van der Waals surface area contributed by atoms with Crippen molar-refractivity contribution in [2.75, 3.05) is 39.7 Å². The largest absolute Gasteiger partial charge is 0.493 e. The summed E-state index contributed by atoms with van der Waals surface area (Å²) < 4.78 is 16.0. The second-order valence-electron chi connectivity index (χ2n) is 7.20. The fourth-order valence-corrected chi connectivity index (χ4v) is 2.50. The Morgan fingerprint density at radius 3 is 1.73 bits per heavy atom. The molecular weight excluding hydrogens is 332 g/mol. The van der Waals surface area contributed by atoms with E-state index in [1.807, 2.05) is 4.90 Å². The zero-order valence-electron chi connectivity index (χ0n) is 17.2. The van der Waals surface area contributed by atoms with Gasteiger partial charge in [0.15, 0.2) is 11.5 Å². The first-order valence-corrected chi connectivity index (χ1v) is 9.18. The van der Waals surface area contributed by atoms with Gasteiger partial charge in [0.1, 0.15) is 0 Å². The molecule has 0 saturated carbocycles. The van der Waals surface area contributed by atoms with Gasteiger partial charge >= 0.3 is 6.03 Å². The molecule has 0 heterocycles. The average Bonchev–Trinajstić information content (AvgIpc) is 2.60. The maximum Gasteiger partial charge on any atom is 0.321 e. The van der Waals surface area contributed by atoms with Crippen LogP contribution in [0.25, 0.3) is 0 Å². The minimum Gasteiger partial charge on any atom is -0.493 e. The van der Waals surface area contributed by atoms with Gasteiger partial charge in [-0.2, -0.15) is 0 Å². The molecule has 0 radical (unpaired) electrons. The van der Waals surface area contributed by atoms with Crippen molar-refractivity contribution in [1.29, 1.82) is 0 Å². The highest BCUT2D eigenvalue weighted by Gasteiger charge is 2.18. The fraction of sp³-hybridized carbons (Fsp3) is 0.650. The molecule has 0 saturated heterocycles. The molecule has 26 heavy (non-hydrogen) atoms. The van der Waals surface area contributed by atoms with Gasteiger partial charge in [0.05, 0.1) is 27.0 Å². The van der Waals surface area contributed by atoms with Crippen LogP contribution in [0, 0.1) is 11.8 Å². The molecule has 2 amide bonds. The number of methoxy groups -OCH3 is 3. The number of amides is 2. The Balaban J connectivity index is 2.95. The number of nitrogens with one attached hydrogen (secondary N) is 1. The third kappa shape index (κ3) is 6.65. The minimum absolute atomic E-state index is 0.111. The van der Waals surface area contributed by atoms with Crippen molar-refractivity contribution in [3.8, 4) is 17.2 Å². The van der Waals surface area contributed by atoms with E-state index in [9.17, 15) is 4.79 Å². The van der Waals surface area contributed by atoms with Crippen LogP contribution in [-0.4, -0.2) is 45.3 Å². The number of benzene rings is 1. The first-order chi connectivity index (χ1) is 12.3. The summed E-state index contributed by atoms with van der Waals surface area (Å²) in [4.78, 5) is 14.7. The number of anilines is 1. The molecule has 0 aliphatic rings. The number of nitrogens with zero attached hydrogens (tertiary/aromatic N) is 1. The van der Waals surface area contributed by atoms with E-state index in [4.69, 9.17) is 14.2 Å². The SMILES string of the molecule is COc1cc(NC(=O)N(CCC(C)C)CCC(C)C)cc(OC)c1OC. The molecule has 1 rings (SSSR count). The summed E-state index contributed by atoms with van der Waals surface area (Å²) >= 11 is 0. The Morgan fingerprint density at radius 1 is 0.923 bits per heavy atom. The van der Waals surface area contributed by atoms with Gasteiger partial charge in [-0.05, 0) is 24.7 Å². The molecule has 1 N–H and O–H groups in total. The number of ether oxygens (including phenoxy) is 3. The summed E-state index contributed by atoms with van der Waals surface area (Å²) in [7, 11) is 4.67. The molecule has 6 nitrogen and oxygen atoms in total. The van der Waals surface area contributed by atoms with Crippen molar-refractivity contribution < 1.29 is 19.0 Å². The summed E-state index contributed by atoms with van der Waals surface area (Å²) in [6, 6.07) is 3.37. The number of carbonyl (C=O) groups excluding carboxylic acids is 1. The van der Waals surface area contributed by atoms with Crippen LogP contribution in [0.3, 0.4) is 0 Å². The van der Waals surface area contributed by atoms with Crippen LogP contribution in [0.4, 0.5) is 10.5 Å². The molecule has 0 fully saturated rings. The molecule has 0 atom stereocenters.